The topological polar surface area (TPSA) is 29.1 Å². The van der Waals surface area contributed by atoms with E-state index < -0.39 is 0 Å². The highest BCUT2D eigenvalue weighted by Crippen LogP contribution is 2.06. The van der Waals surface area contributed by atoms with Gasteiger partial charge in [0.1, 0.15) is 5.82 Å². The maximum Gasteiger partial charge on any atom is 0.251 e. The van der Waals surface area contributed by atoms with Gasteiger partial charge in [-0.3, -0.25) is 4.79 Å². The first-order chi connectivity index (χ1) is 9.15. The van der Waals surface area contributed by atoms with Crippen LogP contribution in [0.25, 0.3) is 0 Å². The third-order valence-corrected chi connectivity index (χ3v) is 2.87. The fraction of sp³-hybridized carbons (Fsp3) is 0.188. The fourth-order valence-electron chi connectivity index (χ4n) is 1.93. The molecule has 0 aliphatic carbocycles. The highest BCUT2D eigenvalue weighted by Gasteiger charge is 2.10. The highest BCUT2D eigenvalue weighted by atomic mass is 19.1. The van der Waals surface area contributed by atoms with Crippen LogP contribution >= 0.6 is 0 Å². The molecule has 0 spiro atoms. The van der Waals surface area contributed by atoms with Gasteiger partial charge in [0.2, 0.25) is 0 Å². The number of carbonyl (C=O) groups excluding carboxylic acids is 1. The quantitative estimate of drug-likeness (QED) is 0.895. The third-order valence-electron chi connectivity index (χ3n) is 2.87. The van der Waals surface area contributed by atoms with Crippen LogP contribution in [0.5, 0.6) is 0 Å². The molecule has 3 heteroatoms. The van der Waals surface area contributed by atoms with Crippen molar-refractivity contribution in [2.75, 3.05) is 0 Å². The number of hydrogen-bond acceptors (Lipinski definition) is 1. The summed E-state index contributed by atoms with van der Waals surface area (Å²) in [5.74, 6) is -0.516. The Balaban J connectivity index is 1.93. The average Bonchev–Trinajstić information content (AvgIpc) is 2.40. The molecular weight excluding hydrogens is 241 g/mol. The standard InChI is InChI=1S/C16H16FNO/c1-12(11-13-5-3-2-4-6-13)18-16(19)14-7-9-15(17)10-8-14/h2-10,12H,11H2,1H3,(H,18,19). The minimum absolute atomic E-state index is 0.0277. The largest absolute Gasteiger partial charge is 0.349 e. The van der Waals surface area contributed by atoms with Crippen molar-refractivity contribution < 1.29 is 9.18 Å². The summed E-state index contributed by atoms with van der Waals surface area (Å²) in [5.41, 5.74) is 1.65. The number of halogens is 1. The second-order valence-electron chi connectivity index (χ2n) is 4.57. The molecule has 2 aromatic rings. The zero-order valence-electron chi connectivity index (χ0n) is 10.8. The van der Waals surface area contributed by atoms with Crippen molar-refractivity contribution >= 4 is 5.91 Å². The molecule has 0 saturated carbocycles. The Hall–Kier alpha value is -2.16. The van der Waals surface area contributed by atoms with E-state index in [2.05, 4.69) is 5.32 Å². The van der Waals surface area contributed by atoms with Gasteiger partial charge in [-0.2, -0.15) is 0 Å². The molecule has 0 saturated heterocycles. The second-order valence-corrected chi connectivity index (χ2v) is 4.57. The first-order valence-corrected chi connectivity index (χ1v) is 6.25. The third kappa shape index (κ3) is 3.91. The molecule has 0 aliphatic rings. The Bertz CT molecular complexity index is 536. The second kappa shape index (κ2) is 6.14. The predicted octanol–water partition coefficient (Wildman–Crippen LogP) is 3.19. The van der Waals surface area contributed by atoms with Gasteiger partial charge in [-0.05, 0) is 43.2 Å². The lowest BCUT2D eigenvalue weighted by atomic mass is 10.1. The van der Waals surface area contributed by atoms with E-state index in [-0.39, 0.29) is 17.8 Å². The molecule has 0 heterocycles. The molecule has 0 fully saturated rings. The lowest BCUT2D eigenvalue weighted by Gasteiger charge is -2.14. The molecule has 2 rings (SSSR count). The molecule has 2 nitrogen and oxygen atoms in total. The molecule has 1 atom stereocenters. The van der Waals surface area contributed by atoms with E-state index in [1.807, 2.05) is 37.3 Å². The highest BCUT2D eigenvalue weighted by molar-refractivity contribution is 5.94. The van der Waals surface area contributed by atoms with E-state index in [1.165, 1.54) is 29.8 Å². The zero-order chi connectivity index (χ0) is 13.7. The van der Waals surface area contributed by atoms with Crippen molar-refractivity contribution in [1.82, 2.24) is 5.32 Å². The Labute approximate surface area is 112 Å². The van der Waals surface area contributed by atoms with Gasteiger partial charge in [-0.15, -0.1) is 0 Å². The first-order valence-electron chi connectivity index (χ1n) is 6.25. The number of benzene rings is 2. The molecule has 98 valence electrons. The summed E-state index contributed by atoms with van der Waals surface area (Å²) in [5, 5.41) is 2.90. The van der Waals surface area contributed by atoms with E-state index in [0.29, 0.717) is 5.56 Å². The van der Waals surface area contributed by atoms with Crippen LogP contribution < -0.4 is 5.32 Å². The summed E-state index contributed by atoms with van der Waals surface area (Å²) in [6.07, 6.45) is 0.772. The van der Waals surface area contributed by atoms with Crippen molar-refractivity contribution in [1.29, 1.82) is 0 Å². The van der Waals surface area contributed by atoms with E-state index >= 15 is 0 Å². The van der Waals surface area contributed by atoms with Crippen LogP contribution in [0.3, 0.4) is 0 Å². The Morgan fingerprint density at radius 3 is 2.37 bits per heavy atom. The average molecular weight is 257 g/mol. The van der Waals surface area contributed by atoms with Crippen LogP contribution in [0, 0.1) is 5.82 Å². The van der Waals surface area contributed by atoms with Crippen LogP contribution in [-0.4, -0.2) is 11.9 Å². The van der Waals surface area contributed by atoms with Crippen LogP contribution in [0.1, 0.15) is 22.8 Å². The van der Waals surface area contributed by atoms with Crippen molar-refractivity contribution in [2.24, 2.45) is 0 Å². The summed E-state index contributed by atoms with van der Waals surface area (Å²) < 4.78 is 12.8. The molecule has 0 bridgehead atoms. The summed E-state index contributed by atoms with van der Waals surface area (Å²) in [4.78, 5) is 11.9. The van der Waals surface area contributed by atoms with Gasteiger partial charge in [0.05, 0.1) is 0 Å². The van der Waals surface area contributed by atoms with Gasteiger partial charge in [-0.1, -0.05) is 30.3 Å². The van der Waals surface area contributed by atoms with Gasteiger partial charge in [0.15, 0.2) is 0 Å². The normalized spacial score (nSPS) is 11.9. The fourth-order valence-corrected chi connectivity index (χ4v) is 1.93. The van der Waals surface area contributed by atoms with Crippen LogP contribution in [0.2, 0.25) is 0 Å². The van der Waals surface area contributed by atoms with Crippen molar-refractivity contribution in [3.63, 3.8) is 0 Å². The molecule has 0 radical (unpaired) electrons. The van der Waals surface area contributed by atoms with Gasteiger partial charge >= 0.3 is 0 Å². The minimum atomic E-state index is -0.339. The van der Waals surface area contributed by atoms with E-state index in [4.69, 9.17) is 0 Å². The molecule has 2 aromatic carbocycles. The SMILES string of the molecule is CC(Cc1ccccc1)NC(=O)c1ccc(F)cc1. The molecule has 0 aromatic heterocycles. The number of rotatable bonds is 4. The van der Waals surface area contributed by atoms with Gasteiger partial charge in [0, 0.05) is 11.6 Å². The minimum Gasteiger partial charge on any atom is -0.349 e. The maximum absolute atomic E-state index is 12.8. The molecule has 19 heavy (non-hydrogen) atoms. The molecule has 1 N–H and O–H groups in total. The van der Waals surface area contributed by atoms with Gasteiger partial charge in [0.25, 0.3) is 5.91 Å². The van der Waals surface area contributed by atoms with Crippen molar-refractivity contribution in [3.05, 3.63) is 71.5 Å². The number of nitrogens with one attached hydrogen (secondary N) is 1. The number of carbonyl (C=O) groups is 1. The molecular formula is C16H16FNO. The first kappa shape index (κ1) is 13.3. The monoisotopic (exact) mass is 257 g/mol. The Kier molecular flexibility index (Phi) is 4.29. The van der Waals surface area contributed by atoms with Crippen LogP contribution in [0.15, 0.2) is 54.6 Å². The van der Waals surface area contributed by atoms with Crippen LogP contribution in [0.4, 0.5) is 4.39 Å². The molecule has 1 unspecified atom stereocenters. The lowest BCUT2D eigenvalue weighted by Crippen LogP contribution is -2.34. The number of hydrogen-bond donors (Lipinski definition) is 1. The number of amides is 1. The van der Waals surface area contributed by atoms with Crippen molar-refractivity contribution in [2.45, 2.75) is 19.4 Å². The summed E-state index contributed by atoms with van der Waals surface area (Å²) >= 11 is 0. The zero-order valence-corrected chi connectivity index (χ0v) is 10.8. The Morgan fingerprint density at radius 1 is 1.11 bits per heavy atom. The summed E-state index contributed by atoms with van der Waals surface area (Å²) in [7, 11) is 0. The van der Waals surface area contributed by atoms with E-state index in [0.717, 1.165) is 6.42 Å². The smallest absolute Gasteiger partial charge is 0.251 e. The molecule has 0 aliphatic heterocycles. The Morgan fingerprint density at radius 2 is 1.74 bits per heavy atom. The van der Waals surface area contributed by atoms with Crippen molar-refractivity contribution in [3.8, 4) is 0 Å². The summed E-state index contributed by atoms with van der Waals surface area (Å²) in [6.45, 7) is 1.95. The lowest BCUT2D eigenvalue weighted by molar-refractivity contribution is 0.0940. The maximum atomic E-state index is 12.8. The predicted molar refractivity (Wildman–Crippen MR) is 73.5 cm³/mol. The van der Waals surface area contributed by atoms with Crippen LogP contribution in [-0.2, 0) is 6.42 Å². The molecule has 1 amide bonds. The summed E-state index contributed by atoms with van der Waals surface area (Å²) in [6, 6.07) is 15.5. The van der Waals surface area contributed by atoms with Gasteiger partial charge in [-0.25, -0.2) is 4.39 Å². The van der Waals surface area contributed by atoms with E-state index in [9.17, 15) is 9.18 Å². The van der Waals surface area contributed by atoms with E-state index in [1.54, 1.807) is 0 Å². The van der Waals surface area contributed by atoms with Gasteiger partial charge < -0.3 is 5.32 Å².